The van der Waals surface area contributed by atoms with Gasteiger partial charge in [-0.25, -0.2) is 0 Å². The van der Waals surface area contributed by atoms with Gasteiger partial charge in [0.1, 0.15) is 0 Å². The van der Waals surface area contributed by atoms with Crippen LogP contribution in [0.3, 0.4) is 0 Å². The van der Waals surface area contributed by atoms with Crippen molar-refractivity contribution in [2.45, 2.75) is 13.8 Å². The van der Waals surface area contributed by atoms with Gasteiger partial charge in [0, 0.05) is 20.5 Å². The molecule has 0 spiro atoms. The van der Waals surface area contributed by atoms with E-state index in [9.17, 15) is 4.79 Å². The zero-order valence-corrected chi connectivity index (χ0v) is 7.85. The number of rotatable bonds is 4. The third-order valence-corrected chi connectivity index (χ3v) is 1.26. The van der Waals surface area contributed by atoms with Gasteiger partial charge in [-0.05, 0) is 19.2 Å². The average molecular weight is 168 g/mol. The molecule has 0 heterocycles. The van der Waals surface area contributed by atoms with Crippen LogP contribution in [0.25, 0.3) is 0 Å². The minimum atomic E-state index is 0.000320. The predicted molar refractivity (Wildman–Crippen MR) is 50.6 cm³/mol. The third-order valence-electron chi connectivity index (χ3n) is 1.26. The number of carbonyl (C=O) groups excluding carboxylic acids is 1. The van der Waals surface area contributed by atoms with Crippen LogP contribution in [0, 0.1) is 0 Å². The second-order valence-corrected chi connectivity index (χ2v) is 2.57. The largest absolute Gasteiger partial charge is 0.394 e. The molecule has 1 amide bonds. The molecule has 0 aromatic rings. The SMILES string of the molecule is CN/C=C\C=C(/C)CNC(C)=O. The number of hydrogen-bond donors (Lipinski definition) is 2. The molecule has 0 unspecified atom stereocenters. The Labute approximate surface area is 73.5 Å². The van der Waals surface area contributed by atoms with E-state index >= 15 is 0 Å². The highest BCUT2D eigenvalue weighted by Crippen LogP contribution is 1.89. The van der Waals surface area contributed by atoms with Crippen LogP contribution in [-0.2, 0) is 4.79 Å². The summed E-state index contributed by atoms with van der Waals surface area (Å²) in [6, 6.07) is 0. The summed E-state index contributed by atoms with van der Waals surface area (Å²) in [6.07, 6.45) is 5.68. The molecule has 12 heavy (non-hydrogen) atoms. The van der Waals surface area contributed by atoms with E-state index < -0.39 is 0 Å². The monoisotopic (exact) mass is 168 g/mol. The Morgan fingerprint density at radius 2 is 2.08 bits per heavy atom. The summed E-state index contributed by atoms with van der Waals surface area (Å²) in [5, 5.41) is 5.59. The molecule has 0 fully saturated rings. The van der Waals surface area contributed by atoms with E-state index in [1.807, 2.05) is 32.3 Å². The van der Waals surface area contributed by atoms with Crippen molar-refractivity contribution in [2.24, 2.45) is 0 Å². The maximum atomic E-state index is 10.5. The van der Waals surface area contributed by atoms with Gasteiger partial charge in [0.2, 0.25) is 5.91 Å². The van der Waals surface area contributed by atoms with Gasteiger partial charge in [-0.15, -0.1) is 0 Å². The molecule has 0 bridgehead atoms. The predicted octanol–water partition coefficient (Wildman–Crippen LogP) is 0.802. The van der Waals surface area contributed by atoms with Crippen molar-refractivity contribution >= 4 is 5.91 Å². The molecule has 2 N–H and O–H groups in total. The molecular weight excluding hydrogens is 152 g/mol. The first-order valence-corrected chi connectivity index (χ1v) is 3.91. The van der Waals surface area contributed by atoms with Crippen molar-refractivity contribution in [3.05, 3.63) is 23.9 Å². The first-order valence-electron chi connectivity index (χ1n) is 3.91. The van der Waals surface area contributed by atoms with Crippen LogP contribution in [0.2, 0.25) is 0 Å². The van der Waals surface area contributed by atoms with Gasteiger partial charge < -0.3 is 10.6 Å². The summed E-state index contributed by atoms with van der Waals surface area (Å²) >= 11 is 0. The Bertz CT molecular complexity index is 195. The average Bonchev–Trinajstić information content (AvgIpc) is 2.01. The Morgan fingerprint density at radius 3 is 2.58 bits per heavy atom. The van der Waals surface area contributed by atoms with Gasteiger partial charge in [-0.2, -0.15) is 0 Å². The molecule has 0 atom stereocenters. The lowest BCUT2D eigenvalue weighted by Crippen LogP contribution is -2.21. The highest BCUT2D eigenvalue weighted by Gasteiger charge is 1.89. The van der Waals surface area contributed by atoms with Crippen molar-refractivity contribution in [1.29, 1.82) is 0 Å². The van der Waals surface area contributed by atoms with Crippen LogP contribution in [-0.4, -0.2) is 19.5 Å². The van der Waals surface area contributed by atoms with Crippen molar-refractivity contribution < 1.29 is 4.79 Å². The smallest absolute Gasteiger partial charge is 0.217 e. The Kier molecular flexibility index (Phi) is 5.79. The van der Waals surface area contributed by atoms with E-state index in [1.54, 1.807) is 0 Å². The molecule has 3 heteroatoms. The summed E-state index contributed by atoms with van der Waals surface area (Å²) in [4.78, 5) is 10.5. The third kappa shape index (κ3) is 6.86. The Morgan fingerprint density at radius 1 is 1.42 bits per heavy atom. The fourth-order valence-corrected chi connectivity index (χ4v) is 0.631. The first kappa shape index (κ1) is 10.8. The van der Waals surface area contributed by atoms with E-state index in [4.69, 9.17) is 0 Å². The maximum absolute atomic E-state index is 10.5. The van der Waals surface area contributed by atoms with Gasteiger partial charge >= 0.3 is 0 Å². The number of carbonyl (C=O) groups is 1. The van der Waals surface area contributed by atoms with Crippen LogP contribution in [0.4, 0.5) is 0 Å². The number of amides is 1. The van der Waals surface area contributed by atoms with E-state index in [1.165, 1.54) is 6.92 Å². The van der Waals surface area contributed by atoms with Crippen LogP contribution < -0.4 is 10.6 Å². The fourth-order valence-electron chi connectivity index (χ4n) is 0.631. The lowest BCUT2D eigenvalue weighted by Gasteiger charge is -1.99. The first-order chi connectivity index (χ1) is 5.66. The van der Waals surface area contributed by atoms with E-state index in [2.05, 4.69) is 10.6 Å². The zero-order valence-electron chi connectivity index (χ0n) is 7.85. The molecule has 0 radical (unpaired) electrons. The maximum Gasteiger partial charge on any atom is 0.217 e. The van der Waals surface area contributed by atoms with Gasteiger partial charge in [-0.1, -0.05) is 11.6 Å². The summed E-state index contributed by atoms with van der Waals surface area (Å²) in [5.41, 5.74) is 1.12. The summed E-state index contributed by atoms with van der Waals surface area (Å²) in [6.45, 7) is 4.09. The lowest BCUT2D eigenvalue weighted by molar-refractivity contribution is -0.118. The molecular formula is C9H16N2O. The van der Waals surface area contributed by atoms with Crippen molar-refractivity contribution in [3.8, 4) is 0 Å². The van der Waals surface area contributed by atoms with E-state index in [0.717, 1.165) is 5.57 Å². The summed E-state index contributed by atoms with van der Waals surface area (Å²) < 4.78 is 0. The normalized spacial score (nSPS) is 11.8. The van der Waals surface area contributed by atoms with E-state index in [-0.39, 0.29) is 5.91 Å². The fraction of sp³-hybridized carbons (Fsp3) is 0.444. The minimum absolute atomic E-state index is 0.000320. The minimum Gasteiger partial charge on any atom is -0.394 e. The second kappa shape index (κ2) is 6.46. The van der Waals surface area contributed by atoms with Crippen LogP contribution >= 0.6 is 0 Å². The summed E-state index contributed by atoms with van der Waals surface area (Å²) in [7, 11) is 1.84. The van der Waals surface area contributed by atoms with Crippen LogP contribution in [0.5, 0.6) is 0 Å². The van der Waals surface area contributed by atoms with Crippen LogP contribution in [0.1, 0.15) is 13.8 Å². The molecule has 0 aromatic carbocycles. The van der Waals surface area contributed by atoms with Crippen molar-refractivity contribution in [3.63, 3.8) is 0 Å². The van der Waals surface area contributed by atoms with Gasteiger partial charge in [0.15, 0.2) is 0 Å². The van der Waals surface area contributed by atoms with Crippen molar-refractivity contribution in [1.82, 2.24) is 10.6 Å². The number of allylic oxidation sites excluding steroid dienone is 2. The number of hydrogen-bond acceptors (Lipinski definition) is 2. The molecule has 68 valence electrons. The van der Waals surface area contributed by atoms with Gasteiger partial charge in [0.05, 0.1) is 0 Å². The summed E-state index contributed by atoms with van der Waals surface area (Å²) in [5.74, 6) is 0.000320. The Hall–Kier alpha value is -1.25. The van der Waals surface area contributed by atoms with Crippen molar-refractivity contribution in [2.75, 3.05) is 13.6 Å². The van der Waals surface area contributed by atoms with Gasteiger partial charge in [-0.3, -0.25) is 4.79 Å². The highest BCUT2D eigenvalue weighted by atomic mass is 16.1. The number of nitrogens with one attached hydrogen (secondary N) is 2. The molecule has 0 rings (SSSR count). The van der Waals surface area contributed by atoms with Crippen LogP contribution in [0.15, 0.2) is 23.9 Å². The zero-order chi connectivity index (χ0) is 9.40. The highest BCUT2D eigenvalue weighted by molar-refractivity contribution is 5.73. The van der Waals surface area contributed by atoms with E-state index in [0.29, 0.717) is 6.54 Å². The second-order valence-electron chi connectivity index (χ2n) is 2.57. The standard InChI is InChI=1S/C9H16N2O/c1-8(5-4-6-10-3)7-11-9(2)12/h4-6,10H,7H2,1-3H3,(H,11,12)/b6-4-,8-5+. The molecule has 0 aliphatic rings. The molecule has 0 aromatic heterocycles. The molecule has 0 aliphatic heterocycles. The Balaban J connectivity index is 3.70. The molecule has 3 nitrogen and oxygen atoms in total. The quantitative estimate of drug-likeness (QED) is 0.610. The lowest BCUT2D eigenvalue weighted by atomic mass is 10.3. The molecule has 0 saturated carbocycles. The molecule has 0 aliphatic carbocycles. The van der Waals surface area contributed by atoms with Gasteiger partial charge in [0.25, 0.3) is 0 Å². The topological polar surface area (TPSA) is 41.1 Å². The molecule has 0 saturated heterocycles.